The van der Waals surface area contributed by atoms with Crippen LogP contribution in [0.5, 0.6) is 5.75 Å². The van der Waals surface area contributed by atoms with Crippen LogP contribution >= 0.6 is 11.6 Å². The molecule has 1 aromatic carbocycles. The van der Waals surface area contributed by atoms with Crippen molar-refractivity contribution in [2.45, 2.75) is 23.0 Å². The van der Waals surface area contributed by atoms with Gasteiger partial charge in [-0.05, 0) is 24.6 Å². The minimum atomic E-state index is -4.72. The van der Waals surface area contributed by atoms with E-state index in [1.54, 1.807) is 0 Å². The number of ether oxygens (including phenoxy) is 1. The number of aryl methyl sites for hydroxylation is 1. The Morgan fingerprint density at radius 1 is 1.26 bits per heavy atom. The summed E-state index contributed by atoms with van der Waals surface area (Å²) >= 11 is 5.74. The molecular weight excluding hydrogens is 562 g/mol. The fourth-order valence-corrected chi connectivity index (χ4v) is 5.94. The molecule has 4 rings (SSSR count). The molecular formula is C21H20ClF4N5O6S. The molecule has 206 valence electrons. The molecule has 2 aliphatic heterocycles. The molecule has 38 heavy (non-hydrogen) atoms. The average Bonchev–Trinajstić information content (AvgIpc) is 3.36. The number of nitrogens with one attached hydrogen (secondary N) is 3. The largest absolute Gasteiger partial charge is 0.488 e. The van der Waals surface area contributed by atoms with Crippen molar-refractivity contribution in [3.63, 3.8) is 0 Å². The summed E-state index contributed by atoms with van der Waals surface area (Å²) in [5, 5.41) is 3.72. The van der Waals surface area contributed by atoms with Crippen molar-refractivity contribution in [1.29, 1.82) is 0 Å². The molecule has 3 heterocycles. The van der Waals surface area contributed by atoms with Gasteiger partial charge in [-0.15, -0.1) is 0 Å². The molecule has 1 spiro atoms. The molecule has 17 heteroatoms. The van der Waals surface area contributed by atoms with Gasteiger partial charge in [-0.2, -0.15) is 17.9 Å². The second-order valence-corrected chi connectivity index (χ2v) is 10.9. The number of sulfonamides is 1. The molecule has 3 amide bonds. The van der Waals surface area contributed by atoms with Crippen LogP contribution in [0.25, 0.3) is 0 Å². The summed E-state index contributed by atoms with van der Waals surface area (Å²) in [6.07, 6.45) is -3.59. The first-order valence-corrected chi connectivity index (χ1v) is 12.7. The lowest BCUT2D eigenvalue weighted by atomic mass is 10.0. The summed E-state index contributed by atoms with van der Waals surface area (Å²) in [5.41, 5.74) is -1.46. The number of carbonyl (C=O) groups excluding carboxylic acids is 3. The number of carbonyl (C=O) groups is 3. The summed E-state index contributed by atoms with van der Waals surface area (Å²) in [5.74, 6) is -4.51. The number of nitrogens with zero attached hydrogens (tertiary/aromatic N) is 2. The molecule has 2 aliphatic rings. The Bertz CT molecular complexity index is 1430. The smallest absolute Gasteiger partial charge is 0.405 e. The number of benzene rings is 1. The van der Waals surface area contributed by atoms with Crippen molar-refractivity contribution in [1.82, 2.24) is 19.5 Å². The molecule has 0 radical (unpaired) electrons. The predicted octanol–water partition coefficient (Wildman–Crippen LogP) is 1.39. The first kappa shape index (κ1) is 27.7. The van der Waals surface area contributed by atoms with Crippen LogP contribution < -0.4 is 20.1 Å². The third-order valence-corrected chi connectivity index (χ3v) is 7.77. The van der Waals surface area contributed by atoms with E-state index in [0.717, 1.165) is 17.2 Å². The lowest BCUT2D eigenvalue weighted by Crippen LogP contribution is -2.54. The number of alkyl halides is 3. The van der Waals surface area contributed by atoms with Gasteiger partial charge in [-0.1, -0.05) is 11.6 Å². The van der Waals surface area contributed by atoms with Gasteiger partial charge in [0.15, 0.2) is 11.4 Å². The summed E-state index contributed by atoms with van der Waals surface area (Å²) in [6.45, 7) is -2.56. The van der Waals surface area contributed by atoms with E-state index >= 15 is 0 Å². The topological polar surface area (TPSA) is 139 Å². The molecule has 0 unspecified atom stereocenters. The Labute approximate surface area is 218 Å². The van der Waals surface area contributed by atoms with Crippen LogP contribution in [0.1, 0.15) is 16.9 Å². The van der Waals surface area contributed by atoms with Gasteiger partial charge in [0, 0.05) is 32.0 Å². The third kappa shape index (κ3) is 5.56. The number of hydrogen-bond acceptors (Lipinski definition) is 6. The van der Waals surface area contributed by atoms with Gasteiger partial charge < -0.3 is 24.8 Å². The Balaban J connectivity index is 1.54. The quantitative estimate of drug-likeness (QED) is 0.370. The van der Waals surface area contributed by atoms with Crippen LogP contribution in [0.2, 0.25) is 5.02 Å². The SMILES string of the molecule is Cn1cc2c(c1C(=O)Nc1ccc(F)c(Cl)c1)OC[C@]1(CCN(C(=O)C(=O)NCC(F)(F)F)C1)NS2(=O)=O. The van der Waals surface area contributed by atoms with Crippen LogP contribution in [-0.2, 0) is 26.7 Å². The molecule has 1 fully saturated rings. The molecule has 3 N–H and O–H groups in total. The number of rotatable bonds is 3. The highest BCUT2D eigenvalue weighted by molar-refractivity contribution is 7.89. The lowest BCUT2D eigenvalue weighted by molar-refractivity contribution is -0.150. The fourth-order valence-electron chi connectivity index (χ4n) is 4.16. The summed E-state index contributed by atoms with van der Waals surface area (Å²) in [7, 11) is -2.92. The third-order valence-electron chi connectivity index (χ3n) is 5.91. The number of hydrogen-bond donors (Lipinski definition) is 3. The molecule has 11 nitrogen and oxygen atoms in total. The molecule has 0 aliphatic carbocycles. The summed E-state index contributed by atoms with van der Waals surface area (Å²) in [6, 6.07) is 3.46. The second-order valence-electron chi connectivity index (χ2n) is 8.81. The number of fused-ring (bicyclic) bond motifs is 1. The molecule has 1 aromatic heterocycles. The average molecular weight is 582 g/mol. The fraction of sp³-hybridized carbons (Fsp3) is 0.381. The number of anilines is 1. The second kappa shape index (κ2) is 9.74. The highest BCUT2D eigenvalue weighted by Gasteiger charge is 2.48. The van der Waals surface area contributed by atoms with Crippen molar-refractivity contribution >= 4 is 45.0 Å². The van der Waals surface area contributed by atoms with Crippen molar-refractivity contribution in [3.8, 4) is 5.75 Å². The van der Waals surface area contributed by atoms with Crippen molar-refractivity contribution in [3.05, 3.63) is 40.9 Å². The minimum absolute atomic E-state index is 0.0173. The monoisotopic (exact) mass is 581 g/mol. The zero-order valence-electron chi connectivity index (χ0n) is 19.5. The van der Waals surface area contributed by atoms with E-state index in [1.165, 1.54) is 29.1 Å². The van der Waals surface area contributed by atoms with Gasteiger partial charge >= 0.3 is 18.0 Å². The van der Waals surface area contributed by atoms with E-state index in [4.69, 9.17) is 16.3 Å². The van der Waals surface area contributed by atoms with E-state index in [9.17, 15) is 40.4 Å². The number of likely N-dealkylation sites (tertiary alicyclic amines) is 1. The van der Waals surface area contributed by atoms with Gasteiger partial charge in [-0.25, -0.2) is 12.8 Å². The van der Waals surface area contributed by atoms with Crippen molar-refractivity contribution in [2.24, 2.45) is 7.05 Å². The number of amides is 3. The summed E-state index contributed by atoms with van der Waals surface area (Å²) in [4.78, 5) is 37.8. The predicted molar refractivity (Wildman–Crippen MR) is 124 cm³/mol. The highest BCUT2D eigenvalue weighted by Crippen LogP contribution is 2.37. The van der Waals surface area contributed by atoms with Crippen molar-refractivity contribution < 1.29 is 45.1 Å². The van der Waals surface area contributed by atoms with Crippen LogP contribution in [0.15, 0.2) is 29.3 Å². The Morgan fingerprint density at radius 3 is 2.63 bits per heavy atom. The standard InChI is InChI=1S/C21H20ClF4N5O6S/c1-30-7-14-16(15(30)17(32)28-11-2-3-13(23)12(22)6-11)37-10-20(29-38(14,35)36)4-5-31(9-20)19(34)18(33)27-8-21(24,25)26/h2-3,6-7,29H,4-5,8-10H2,1H3,(H,27,33)(H,28,32)/t20-/m1/s1. The summed E-state index contributed by atoms with van der Waals surface area (Å²) < 4.78 is 86.4. The van der Waals surface area contributed by atoms with Crippen LogP contribution in [0.3, 0.4) is 0 Å². The maximum absolute atomic E-state index is 13.4. The zero-order valence-corrected chi connectivity index (χ0v) is 21.1. The molecule has 1 saturated heterocycles. The lowest BCUT2D eigenvalue weighted by Gasteiger charge is -2.27. The maximum Gasteiger partial charge on any atom is 0.405 e. The van der Waals surface area contributed by atoms with Crippen LogP contribution in [0, 0.1) is 5.82 Å². The van der Waals surface area contributed by atoms with Gasteiger partial charge in [0.1, 0.15) is 23.9 Å². The van der Waals surface area contributed by atoms with E-state index in [-0.39, 0.29) is 53.2 Å². The van der Waals surface area contributed by atoms with E-state index in [0.29, 0.717) is 0 Å². The first-order valence-electron chi connectivity index (χ1n) is 10.9. The van der Waals surface area contributed by atoms with Crippen LogP contribution in [-0.4, -0.2) is 73.6 Å². The van der Waals surface area contributed by atoms with Crippen molar-refractivity contribution in [2.75, 3.05) is 31.6 Å². The van der Waals surface area contributed by atoms with Crippen LogP contribution in [0.4, 0.5) is 23.2 Å². The minimum Gasteiger partial charge on any atom is -0.488 e. The Morgan fingerprint density at radius 2 is 1.97 bits per heavy atom. The maximum atomic E-state index is 13.4. The van der Waals surface area contributed by atoms with Gasteiger partial charge in [-0.3, -0.25) is 14.4 Å². The Kier molecular flexibility index (Phi) is 7.09. The Hall–Kier alpha value is -3.37. The molecule has 0 saturated carbocycles. The van der Waals surface area contributed by atoms with Gasteiger partial charge in [0.05, 0.1) is 10.6 Å². The normalized spacial score (nSPS) is 20.4. The zero-order chi connectivity index (χ0) is 28.0. The van der Waals surface area contributed by atoms with E-state index in [2.05, 4.69) is 10.0 Å². The number of aromatic nitrogens is 1. The first-order chi connectivity index (χ1) is 17.6. The molecule has 0 bridgehead atoms. The molecule has 2 aromatic rings. The number of halogens is 5. The molecule has 1 atom stereocenters. The van der Waals surface area contributed by atoms with Gasteiger partial charge in [0.2, 0.25) is 10.0 Å². The highest BCUT2D eigenvalue weighted by atomic mass is 35.5. The van der Waals surface area contributed by atoms with E-state index in [1.807, 2.05) is 0 Å². The van der Waals surface area contributed by atoms with Gasteiger partial charge in [0.25, 0.3) is 5.91 Å². The van der Waals surface area contributed by atoms with E-state index < -0.39 is 51.8 Å².